The van der Waals surface area contributed by atoms with Crippen LogP contribution in [0.1, 0.15) is 83.0 Å². The van der Waals surface area contributed by atoms with Crippen molar-refractivity contribution in [2.75, 3.05) is 0 Å². The largest absolute Gasteiger partial charge is 0.244 e. The van der Waals surface area contributed by atoms with Crippen molar-refractivity contribution in [1.29, 1.82) is 0 Å². The summed E-state index contributed by atoms with van der Waals surface area (Å²) in [6.07, 6.45) is 0.845. The molecule has 0 aromatic heterocycles. The van der Waals surface area contributed by atoms with Gasteiger partial charge in [0.15, 0.2) is 6.17 Å². The molecule has 3 rings (SSSR count). The fourth-order valence-corrected chi connectivity index (χ4v) is 5.06. The van der Waals surface area contributed by atoms with Gasteiger partial charge in [0.25, 0.3) is 0 Å². The van der Waals surface area contributed by atoms with Crippen LogP contribution >= 0.6 is 0 Å². The molecule has 2 fully saturated rings. The number of allylic oxidation sites excluding steroid dienone is 2. The molecule has 0 N–H and O–H groups in total. The molecule has 0 saturated heterocycles. The lowest BCUT2D eigenvalue weighted by molar-refractivity contribution is 0.0927. The van der Waals surface area contributed by atoms with Crippen LogP contribution in [-0.4, -0.2) is 12.3 Å². The Labute approximate surface area is 150 Å². The molecule has 0 radical (unpaired) electrons. The molecule has 0 amide bonds. The molecule has 3 atom stereocenters. The fourth-order valence-electron chi connectivity index (χ4n) is 5.06. The summed E-state index contributed by atoms with van der Waals surface area (Å²) in [6.45, 7) is 2.22. The smallest absolute Gasteiger partial charge is 0.182 e. The highest BCUT2D eigenvalue weighted by Crippen LogP contribution is 2.45. The van der Waals surface area contributed by atoms with Crippen molar-refractivity contribution in [3.05, 3.63) is 11.9 Å². The first-order valence-electron chi connectivity index (χ1n) is 11.8. The summed E-state index contributed by atoms with van der Waals surface area (Å²) in [7, 11) is 0. The van der Waals surface area contributed by atoms with E-state index < -0.39 is 36.3 Å². The van der Waals surface area contributed by atoms with Crippen molar-refractivity contribution in [3.63, 3.8) is 0 Å². The Bertz CT molecular complexity index is 578. The zero-order valence-corrected chi connectivity index (χ0v) is 14.7. The van der Waals surface area contributed by atoms with E-state index in [-0.39, 0.29) is 0 Å². The predicted octanol–water partition coefficient (Wildman–Crippen LogP) is 6.95. The molecule has 2 saturated carbocycles. The highest BCUT2D eigenvalue weighted by Gasteiger charge is 2.38. The molecule has 0 aliphatic heterocycles. The number of hydrogen-bond donors (Lipinski definition) is 0. The SMILES string of the molecule is [2H]C1(F)C(F)C(F)=CC([2H])(C2CCC(C3CCC(CCC)CC3)CC2)C1([2H])[2H]. The summed E-state index contributed by atoms with van der Waals surface area (Å²) in [4.78, 5) is 0. The second-order valence-corrected chi connectivity index (χ2v) is 8.00. The van der Waals surface area contributed by atoms with E-state index in [1.807, 2.05) is 0 Å². The number of alkyl halides is 2. The van der Waals surface area contributed by atoms with Crippen molar-refractivity contribution in [2.24, 2.45) is 29.6 Å². The maximum absolute atomic E-state index is 14.5. The van der Waals surface area contributed by atoms with Gasteiger partial charge in [-0.2, -0.15) is 0 Å². The zero-order valence-electron chi connectivity index (χ0n) is 18.7. The van der Waals surface area contributed by atoms with Crippen LogP contribution in [-0.2, 0) is 0 Å². The van der Waals surface area contributed by atoms with Gasteiger partial charge in [-0.1, -0.05) is 32.6 Å². The highest BCUT2D eigenvalue weighted by molar-refractivity contribution is 5.11. The standard InChI is InChI=1S/C21H33F3/c1-2-3-14-4-6-15(7-5-14)16-8-10-17(11-9-16)18-12-19(22)21(24)20(23)13-18/h12,14-18,20-21H,2-11,13H2,1H3/i13D2,18D,20D. The maximum Gasteiger partial charge on any atom is 0.182 e. The topological polar surface area (TPSA) is 0 Å². The van der Waals surface area contributed by atoms with Crippen LogP contribution in [0, 0.1) is 29.6 Å². The summed E-state index contributed by atoms with van der Waals surface area (Å²) >= 11 is 0. The van der Waals surface area contributed by atoms with Gasteiger partial charge in [0, 0.05) is 4.11 Å². The quantitative estimate of drug-likeness (QED) is 0.517. The molecule has 3 aliphatic carbocycles. The van der Waals surface area contributed by atoms with Crippen molar-refractivity contribution >= 4 is 0 Å². The summed E-state index contributed by atoms with van der Waals surface area (Å²) in [5, 5.41) is 0. The van der Waals surface area contributed by atoms with E-state index in [2.05, 4.69) is 6.92 Å². The van der Waals surface area contributed by atoms with Crippen LogP contribution in [0.2, 0.25) is 0 Å². The highest BCUT2D eigenvalue weighted by atomic mass is 19.2. The summed E-state index contributed by atoms with van der Waals surface area (Å²) in [5.41, 5.74) is 0. The average molecular weight is 347 g/mol. The minimum Gasteiger partial charge on any atom is -0.244 e. The first-order valence-corrected chi connectivity index (χ1v) is 9.75. The first-order chi connectivity index (χ1) is 13.0. The molecule has 0 spiro atoms. The molecular weight excluding hydrogens is 309 g/mol. The molecule has 24 heavy (non-hydrogen) atoms. The minimum absolute atomic E-state index is 0.499. The van der Waals surface area contributed by atoms with Crippen LogP contribution < -0.4 is 0 Å². The van der Waals surface area contributed by atoms with Gasteiger partial charge in [-0.15, -0.1) is 0 Å². The third-order valence-electron chi connectivity index (χ3n) is 6.49. The van der Waals surface area contributed by atoms with Gasteiger partial charge in [-0.3, -0.25) is 0 Å². The van der Waals surface area contributed by atoms with Crippen molar-refractivity contribution in [1.82, 2.24) is 0 Å². The molecule has 3 heteroatoms. The van der Waals surface area contributed by atoms with Gasteiger partial charge in [0.05, 0.1) is 1.37 Å². The summed E-state index contributed by atoms with van der Waals surface area (Å²) in [5.74, 6) is -2.36. The third kappa shape index (κ3) is 4.19. The maximum atomic E-state index is 14.5. The molecular formula is C21H33F3. The van der Waals surface area contributed by atoms with Crippen LogP contribution in [0.5, 0.6) is 0 Å². The number of halogens is 3. The van der Waals surface area contributed by atoms with Crippen LogP contribution in [0.4, 0.5) is 13.2 Å². The lowest BCUT2D eigenvalue weighted by Gasteiger charge is -2.40. The van der Waals surface area contributed by atoms with Gasteiger partial charge in [-0.25, -0.2) is 13.2 Å². The number of hydrogen-bond acceptors (Lipinski definition) is 0. The van der Waals surface area contributed by atoms with Crippen LogP contribution in [0.15, 0.2) is 11.9 Å². The number of rotatable bonds is 4. The van der Waals surface area contributed by atoms with Gasteiger partial charge in [0.1, 0.15) is 12.0 Å². The minimum atomic E-state index is -3.79. The van der Waals surface area contributed by atoms with Crippen molar-refractivity contribution < 1.29 is 18.7 Å². The van der Waals surface area contributed by atoms with E-state index in [9.17, 15) is 13.2 Å². The Morgan fingerprint density at radius 2 is 1.54 bits per heavy atom. The van der Waals surface area contributed by atoms with Crippen LogP contribution in [0.25, 0.3) is 0 Å². The van der Waals surface area contributed by atoms with E-state index in [4.69, 9.17) is 5.48 Å². The van der Waals surface area contributed by atoms with E-state index in [0.717, 1.165) is 18.8 Å². The molecule has 138 valence electrons. The zero-order chi connectivity index (χ0) is 20.7. The molecule has 0 aromatic carbocycles. The van der Waals surface area contributed by atoms with E-state index >= 15 is 0 Å². The van der Waals surface area contributed by atoms with Crippen molar-refractivity contribution in [3.8, 4) is 0 Å². The molecule has 0 aromatic rings. The average Bonchev–Trinajstić information content (AvgIpc) is 2.67. The third-order valence-corrected chi connectivity index (χ3v) is 6.49. The Balaban J connectivity index is 1.66. The second-order valence-electron chi connectivity index (χ2n) is 8.00. The Morgan fingerprint density at radius 1 is 1.00 bits per heavy atom. The van der Waals surface area contributed by atoms with Gasteiger partial charge in [0.2, 0.25) is 0 Å². The normalized spacial score (nSPS) is 54.8. The van der Waals surface area contributed by atoms with E-state index in [1.165, 1.54) is 38.5 Å². The summed E-state index contributed by atoms with van der Waals surface area (Å²) in [6, 6.07) is 0. The molecule has 0 bridgehead atoms. The fraction of sp³-hybridized carbons (Fsp3) is 0.905. The van der Waals surface area contributed by atoms with E-state index in [1.54, 1.807) is 0 Å². The molecule has 0 heterocycles. The molecule has 3 aliphatic rings. The Kier molecular flexibility index (Phi) is 4.72. The van der Waals surface area contributed by atoms with Gasteiger partial charge >= 0.3 is 0 Å². The predicted molar refractivity (Wildman–Crippen MR) is 92.9 cm³/mol. The van der Waals surface area contributed by atoms with Crippen LogP contribution in [0.3, 0.4) is 0 Å². The first kappa shape index (κ1) is 13.7. The Morgan fingerprint density at radius 3 is 2.12 bits per heavy atom. The lowest BCUT2D eigenvalue weighted by atomic mass is 9.66. The second kappa shape index (κ2) is 8.27. The molecule has 0 nitrogen and oxygen atoms in total. The van der Waals surface area contributed by atoms with Crippen molar-refractivity contribution in [2.45, 2.75) is 89.8 Å². The summed E-state index contributed by atoms with van der Waals surface area (Å²) < 4.78 is 74.4. The van der Waals surface area contributed by atoms with E-state index in [0.29, 0.717) is 30.8 Å². The van der Waals surface area contributed by atoms with Gasteiger partial charge < -0.3 is 0 Å². The van der Waals surface area contributed by atoms with Gasteiger partial charge in [-0.05, 0) is 80.5 Å². The molecule has 3 unspecified atom stereocenters. The lowest BCUT2D eigenvalue weighted by Crippen LogP contribution is -2.32. The Hall–Kier alpha value is -0.470. The monoisotopic (exact) mass is 346 g/mol.